The first-order chi connectivity index (χ1) is 16.4. The minimum absolute atomic E-state index is 0.0649. The van der Waals surface area contributed by atoms with E-state index in [-0.39, 0.29) is 42.2 Å². The zero-order valence-corrected chi connectivity index (χ0v) is 20.2. The van der Waals surface area contributed by atoms with Gasteiger partial charge in [-0.2, -0.15) is 0 Å². The van der Waals surface area contributed by atoms with E-state index in [1.807, 2.05) is 13.8 Å². The number of hydrogen-bond donors (Lipinski definition) is 3. The quantitative estimate of drug-likeness (QED) is 0.546. The van der Waals surface area contributed by atoms with E-state index in [0.29, 0.717) is 12.8 Å². The molecule has 1 aromatic carbocycles. The van der Waals surface area contributed by atoms with Gasteiger partial charge in [0.05, 0.1) is 22.6 Å². The first-order valence-electron chi connectivity index (χ1n) is 11.8. The summed E-state index contributed by atoms with van der Waals surface area (Å²) in [6, 6.07) is -1.68. The zero-order chi connectivity index (χ0) is 25.9. The standard InChI is InChI=1S/C24H31F2N5O4/c1-10(2)18(27)23(33)31-11(3)7-29(8-12(31)4)21-16(25)19(28)15-20(17(21)26)30(13-5-6-13)9-14(22(15)32)24(34)35/h9-13,18H,5-8,27-28H2,1-4H3,(H,34,35)/t11-,12+,18?. The van der Waals surface area contributed by atoms with Crippen molar-refractivity contribution in [3.05, 3.63) is 33.6 Å². The number of aromatic nitrogens is 1. The molecule has 5 N–H and O–H groups in total. The Balaban J connectivity index is 1.84. The molecule has 2 aromatic rings. The number of nitrogen functional groups attached to an aromatic ring is 1. The Morgan fingerprint density at radius 1 is 1.11 bits per heavy atom. The second-order valence-electron chi connectivity index (χ2n) is 10.0. The van der Waals surface area contributed by atoms with Crippen LogP contribution in [-0.2, 0) is 4.79 Å². The molecule has 190 valence electrons. The number of halogens is 2. The molecule has 0 radical (unpaired) electrons. The molecule has 1 aromatic heterocycles. The van der Waals surface area contributed by atoms with Crippen LogP contribution in [0, 0.1) is 17.6 Å². The topological polar surface area (TPSA) is 135 Å². The molecule has 4 rings (SSSR count). The molecular weight excluding hydrogens is 460 g/mol. The molecule has 1 aliphatic carbocycles. The molecule has 1 unspecified atom stereocenters. The van der Waals surface area contributed by atoms with Gasteiger partial charge in [0, 0.05) is 37.4 Å². The van der Waals surface area contributed by atoms with E-state index in [1.165, 1.54) is 9.47 Å². The number of nitrogens with two attached hydrogens (primary N) is 2. The lowest BCUT2D eigenvalue weighted by Crippen LogP contribution is -2.62. The Morgan fingerprint density at radius 3 is 2.17 bits per heavy atom. The first-order valence-corrected chi connectivity index (χ1v) is 11.8. The van der Waals surface area contributed by atoms with Crippen LogP contribution in [0.15, 0.2) is 11.0 Å². The minimum atomic E-state index is -1.49. The van der Waals surface area contributed by atoms with Gasteiger partial charge in [0.15, 0.2) is 11.6 Å². The fourth-order valence-corrected chi connectivity index (χ4v) is 5.02. The number of aromatic carboxylic acids is 1. The molecule has 1 amide bonds. The molecule has 1 saturated carbocycles. The van der Waals surface area contributed by atoms with Gasteiger partial charge in [-0.3, -0.25) is 9.59 Å². The number of amides is 1. The summed E-state index contributed by atoms with van der Waals surface area (Å²) in [5, 5.41) is 8.99. The maximum Gasteiger partial charge on any atom is 0.341 e. The maximum absolute atomic E-state index is 16.1. The Hall–Kier alpha value is -3.21. The number of anilines is 2. The van der Waals surface area contributed by atoms with Gasteiger partial charge in [-0.15, -0.1) is 0 Å². The summed E-state index contributed by atoms with van der Waals surface area (Å²) in [4.78, 5) is 40.5. The summed E-state index contributed by atoms with van der Waals surface area (Å²) < 4.78 is 33.0. The fourth-order valence-electron chi connectivity index (χ4n) is 5.02. The van der Waals surface area contributed by atoms with Crippen molar-refractivity contribution in [2.24, 2.45) is 11.7 Å². The van der Waals surface area contributed by atoms with Crippen LogP contribution in [-0.4, -0.2) is 57.7 Å². The average Bonchev–Trinajstić information content (AvgIpc) is 3.61. The lowest BCUT2D eigenvalue weighted by Gasteiger charge is -2.46. The van der Waals surface area contributed by atoms with Crippen LogP contribution in [0.2, 0.25) is 0 Å². The van der Waals surface area contributed by atoms with E-state index in [9.17, 15) is 19.5 Å². The van der Waals surface area contributed by atoms with Crippen molar-refractivity contribution in [1.29, 1.82) is 0 Å². The highest BCUT2D eigenvalue weighted by Gasteiger charge is 2.39. The summed E-state index contributed by atoms with van der Waals surface area (Å²) in [5.41, 5.74) is 9.32. The van der Waals surface area contributed by atoms with Gasteiger partial charge in [-0.1, -0.05) is 13.8 Å². The van der Waals surface area contributed by atoms with E-state index in [1.54, 1.807) is 18.7 Å². The SMILES string of the molecule is CC(C)C(N)C(=O)N1[C@H](C)CN(c2c(F)c(N)c3c(=O)c(C(=O)O)cn(C4CC4)c3c2F)C[C@@H]1C. The van der Waals surface area contributed by atoms with Gasteiger partial charge in [-0.05, 0) is 32.6 Å². The van der Waals surface area contributed by atoms with Crippen molar-refractivity contribution in [1.82, 2.24) is 9.47 Å². The number of hydrogen-bond acceptors (Lipinski definition) is 6. The van der Waals surface area contributed by atoms with Crippen molar-refractivity contribution in [2.75, 3.05) is 23.7 Å². The molecular formula is C24H31F2N5O4. The van der Waals surface area contributed by atoms with Crippen molar-refractivity contribution in [2.45, 2.75) is 64.7 Å². The van der Waals surface area contributed by atoms with Gasteiger partial charge >= 0.3 is 5.97 Å². The summed E-state index contributed by atoms with van der Waals surface area (Å²) in [6.07, 6.45) is 2.46. The highest BCUT2D eigenvalue weighted by Crippen LogP contribution is 2.42. The number of carboxylic acids is 1. The van der Waals surface area contributed by atoms with Gasteiger partial charge in [-0.25, -0.2) is 13.6 Å². The average molecular weight is 492 g/mol. The largest absolute Gasteiger partial charge is 0.477 e. The first kappa shape index (κ1) is 24.9. The monoisotopic (exact) mass is 491 g/mol. The molecule has 9 nitrogen and oxygen atoms in total. The predicted octanol–water partition coefficient (Wildman–Crippen LogP) is 2.30. The highest BCUT2D eigenvalue weighted by atomic mass is 19.1. The Kier molecular flexibility index (Phi) is 6.25. The lowest BCUT2D eigenvalue weighted by molar-refractivity contribution is -0.138. The van der Waals surface area contributed by atoms with Crippen LogP contribution in [0.4, 0.5) is 20.2 Å². The number of nitrogens with zero attached hydrogens (tertiary/aromatic N) is 3. The molecule has 3 atom stereocenters. The van der Waals surface area contributed by atoms with Gasteiger partial charge in [0.1, 0.15) is 11.3 Å². The molecule has 0 spiro atoms. The minimum Gasteiger partial charge on any atom is -0.477 e. The van der Waals surface area contributed by atoms with E-state index in [2.05, 4.69) is 0 Å². The number of carboxylic acid groups (broad SMARTS) is 1. The molecule has 35 heavy (non-hydrogen) atoms. The summed E-state index contributed by atoms with van der Waals surface area (Å²) >= 11 is 0. The lowest BCUT2D eigenvalue weighted by atomic mass is 9.99. The van der Waals surface area contributed by atoms with Gasteiger partial charge in [0.25, 0.3) is 0 Å². The number of carbonyl (C=O) groups excluding carboxylic acids is 1. The summed E-state index contributed by atoms with van der Waals surface area (Å²) in [5.74, 6) is -3.85. The third-order valence-electron chi connectivity index (χ3n) is 7.03. The second-order valence-corrected chi connectivity index (χ2v) is 10.0. The second kappa shape index (κ2) is 8.78. The van der Waals surface area contributed by atoms with Crippen molar-refractivity contribution in [3.63, 3.8) is 0 Å². The molecule has 2 aliphatic rings. The predicted molar refractivity (Wildman–Crippen MR) is 129 cm³/mol. The van der Waals surface area contributed by atoms with Crippen LogP contribution in [0.3, 0.4) is 0 Å². The zero-order valence-electron chi connectivity index (χ0n) is 20.2. The van der Waals surface area contributed by atoms with Crippen LogP contribution in [0.5, 0.6) is 0 Å². The van der Waals surface area contributed by atoms with Crippen LogP contribution in [0.25, 0.3) is 10.9 Å². The number of carbonyl (C=O) groups is 2. The van der Waals surface area contributed by atoms with Crippen LogP contribution in [0.1, 0.15) is 56.9 Å². The summed E-state index contributed by atoms with van der Waals surface area (Å²) in [6.45, 7) is 7.53. The fraction of sp³-hybridized carbons (Fsp3) is 0.542. The van der Waals surface area contributed by atoms with Gasteiger partial charge in [0.2, 0.25) is 11.3 Å². The number of fused-ring (bicyclic) bond motifs is 1. The normalized spacial score (nSPS) is 21.6. The smallest absolute Gasteiger partial charge is 0.341 e. The Labute approximate surface area is 201 Å². The van der Waals surface area contributed by atoms with E-state index < -0.39 is 57.8 Å². The third kappa shape index (κ3) is 4.01. The highest BCUT2D eigenvalue weighted by molar-refractivity contribution is 6.00. The summed E-state index contributed by atoms with van der Waals surface area (Å²) in [7, 11) is 0. The number of benzene rings is 1. The van der Waals surface area contributed by atoms with Gasteiger partial charge < -0.3 is 30.9 Å². The van der Waals surface area contributed by atoms with Crippen LogP contribution < -0.4 is 21.8 Å². The van der Waals surface area contributed by atoms with Crippen molar-refractivity contribution < 1.29 is 23.5 Å². The van der Waals surface area contributed by atoms with Crippen molar-refractivity contribution in [3.8, 4) is 0 Å². The van der Waals surface area contributed by atoms with E-state index in [0.717, 1.165) is 6.20 Å². The third-order valence-corrected chi connectivity index (χ3v) is 7.03. The Morgan fingerprint density at radius 2 is 1.69 bits per heavy atom. The molecule has 0 bridgehead atoms. The number of pyridine rings is 1. The number of piperazine rings is 1. The number of rotatable bonds is 5. The van der Waals surface area contributed by atoms with Crippen molar-refractivity contribution >= 4 is 34.2 Å². The molecule has 1 aliphatic heterocycles. The van der Waals surface area contributed by atoms with Crippen LogP contribution >= 0.6 is 0 Å². The molecule has 11 heteroatoms. The Bertz CT molecular complexity index is 1260. The maximum atomic E-state index is 16.1. The molecule has 2 fully saturated rings. The van der Waals surface area contributed by atoms with E-state index >= 15 is 8.78 Å². The molecule has 2 heterocycles. The molecule has 1 saturated heterocycles. The van der Waals surface area contributed by atoms with E-state index in [4.69, 9.17) is 11.5 Å².